The second-order valence-electron chi connectivity index (χ2n) is 20.0. The van der Waals surface area contributed by atoms with Crippen molar-refractivity contribution in [1.82, 2.24) is 0 Å². The topological polar surface area (TPSA) is 6.48 Å². The molecule has 342 valence electrons. The van der Waals surface area contributed by atoms with Crippen LogP contribution in [0.2, 0.25) is 0 Å². The molecule has 0 radical (unpaired) electrons. The molecule has 0 N–H and O–H groups in total. The lowest BCUT2D eigenvalue weighted by atomic mass is 9.54. The van der Waals surface area contributed by atoms with Crippen LogP contribution in [-0.2, 0) is 10.8 Å². The Balaban J connectivity index is 1.00. The van der Waals surface area contributed by atoms with Crippen LogP contribution in [0.4, 0.5) is 27.1 Å². The van der Waals surface area contributed by atoms with E-state index < -0.39 is 5.41 Å². The molecule has 1 aliphatic heterocycles. The van der Waals surface area contributed by atoms with Gasteiger partial charge in [-0.05, 0) is 141 Å². The number of halogens is 1. The molecular weight excluding hydrogens is 904 g/mol. The Hall–Kier alpha value is -7.44. The van der Waals surface area contributed by atoms with Gasteiger partial charge in [-0.2, -0.15) is 0 Å². The molecular formula is C66H49FN2S2. The number of rotatable bonds is 7. The Kier molecular flexibility index (Phi) is 9.59. The van der Waals surface area contributed by atoms with Gasteiger partial charge in [-0.1, -0.05) is 172 Å². The Labute approximate surface area is 423 Å². The van der Waals surface area contributed by atoms with Crippen molar-refractivity contribution in [3.63, 3.8) is 0 Å². The smallest absolute Gasteiger partial charge is 0.123 e. The summed E-state index contributed by atoms with van der Waals surface area (Å²) in [6.45, 7) is 8.89. The Morgan fingerprint density at radius 2 is 1.32 bits per heavy atom. The SMILES string of the molecule is C=Cc1ccc(N(c2ccc3c(c2)C2(C4=C3C=CC(N(C3=C5Sc6ccccc6C5CC=C3)c3ccc(F)cc3)C4)c3ccccc3C(C)(C)c3ccccc32)c2cccc3c2sc2ccccc23)cc1. The fraction of sp³-hybridized carbons (Fsp3) is 0.121. The number of allylic oxidation sites excluding steroid dienone is 5. The Morgan fingerprint density at radius 3 is 2.10 bits per heavy atom. The summed E-state index contributed by atoms with van der Waals surface area (Å²) in [6, 6.07) is 66.2. The van der Waals surface area contributed by atoms with E-state index in [1.165, 1.54) is 85.8 Å². The van der Waals surface area contributed by atoms with E-state index in [9.17, 15) is 4.39 Å². The molecule has 2 atom stereocenters. The summed E-state index contributed by atoms with van der Waals surface area (Å²) in [7, 11) is 0. The third-order valence-electron chi connectivity index (χ3n) is 16.1. The maximum Gasteiger partial charge on any atom is 0.123 e. The van der Waals surface area contributed by atoms with E-state index in [1.807, 2.05) is 41.3 Å². The standard InChI is InChI=1S/C66H49FN2S2/c1-4-41-27-31-43(32-28-41)68(59-23-13-17-51-49-15-5-11-25-61(49)70-63(51)59)45-35-37-47-48-38-36-46(69(44-33-29-42(67)30-34-44)60-24-14-18-52-50-16-6-12-26-62(50)71-64(52)60)40-58(48)66(57(47)39-45)55-21-9-7-19-53(55)65(2,3)54-20-8-10-22-56(54)66/h4-17,19-39,46,52H,1,18,40H2,2-3H3. The van der Waals surface area contributed by atoms with Gasteiger partial charge in [0.2, 0.25) is 0 Å². The summed E-state index contributed by atoms with van der Waals surface area (Å²) in [5, 5.41) is 2.54. The molecule has 2 unspecified atom stereocenters. The summed E-state index contributed by atoms with van der Waals surface area (Å²) < 4.78 is 17.5. The number of nitrogens with zero attached hydrogens (tertiary/aromatic N) is 2. The third-order valence-corrected chi connectivity index (χ3v) is 18.6. The zero-order valence-electron chi connectivity index (χ0n) is 39.6. The van der Waals surface area contributed by atoms with Gasteiger partial charge in [-0.15, -0.1) is 11.3 Å². The van der Waals surface area contributed by atoms with Gasteiger partial charge in [-0.3, -0.25) is 0 Å². The van der Waals surface area contributed by atoms with Crippen LogP contribution in [0.15, 0.2) is 234 Å². The van der Waals surface area contributed by atoms with Crippen LogP contribution in [0.5, 0.6) is 0 Å². The highest BCUT2D eigenvalue weighted by molar-refractivity contribution is 8.03. The van der Waals surface area contributed by atoms with Gasteiger partial charge in [0.15, 0.2) is 0 Å². The molecule has 14 rings (SSSR count). The number of anilines is 4. The molecule has 2 heterocycles. The summed E-state index contributed by atoms with van der Waals surface area (Å²) >= 11 is 3.77. The number of hydrogen-bond acceptors (Lipinski definition) is 4. The van der Waals surface area contributed by atoms with Gasteiger partial charge >= 0.3 is 0 Å². The zero-order valence-corrected chi connectivity index (χ0v) is 41.2. The monoisotopic (exact) mass is 952 g/mol. The van der Waals surface area contributed by atoms with Crippen molar-refractivity contribution in [2.75, 3.05) is 9.80 Å². The fourth-order valence-corrected chi connectivity index (χ4v) is 15.5. The van der Waals surface area contributed by atoms with E-state index in [0.717, 1.165) is 41.2 Å². The molecule has 8 aromatic carbocycles. The molecule has 2 nitrogen and oxygen atoms in total. The first-order valence-corrected chi connectivity index (χ1v) is 26.4. The molecule has 0 amide bonds. The molecule has 1 aromatic heterocycles. The zero-order chi connectivity index (χ0) is 47.6. The summed E-state index contributed by atoms with van der Waals surface area (Å²) in [5.74, 6) is 0.0548. The molecule has 5 heteroatoms. The molecule has 1 spiro atoms. The second-order valence-corrected chi connectivity index (χ2v) is 22.2. The highest BCUT2D eigenvalue weighted by Gasteiger charge is 2.55. The first-order valence-electron chi connectivity index (χ1n) is 24.7. The van der Waals surface area contributed by atoms with Crippen molar-refractivity contribution in [3.8, 4) is 0 Å². The van der Waals surface area contributed by atoms with Crippen molar-refractivity contribution in [2.24, 2.45) is 0 Å². The van der Waals surface area contributed by atoms with Crippen LogP contribution in [0.3, 0.4) is 0 Å². The second kappa shape index (κ2) is 16.0. The molecule has 0 saturated heterocycles. The number of hydrogen-bond donors (Lipinski definition) is 0. The van der Waals surface area contributed by atoms with E-state index in [4.69, 9.17) is 0 Å². The van der Waals surface area contributed by atoms with Gasteiger partial charge < -0.3 is 9.80 Å². The van der Waals surface area contributed by atoms with Gasteiger partial charge in [0.1, 0.15) is 5.82 Å². The minimum Gasteiger partial charge on any atom is -0.333 e. The van der Waals surface area contributed by atoms with E-state index in [0.29, 0.717) is 0 Å². The van der Waals surface area contributed by atoms with E-state index in [-0.39, 0.29) is 23.2 Å². The fourth-order valence-electron chi connectivity index (χ4n) is 12.9. The number of thiophene rings is 1. The average molecular weight is 953 g/mol. The van der Waals surface area contributed by atoms with Crippen molar-refractivity contribution >= 4 is 77.7 Å². The van der Waals surface area contributed by atoms with Crippen LogP contribution in [0.1, 0.15) is 77.1 Å². The highest BCUT2D eigenvalue weighted by atomic mass is 32.2. The van der Waals surface area contributed by atoms with Crippen LogP contribution in [0.25, 0.3) is 31.8 Å². The maximum absolute atomic E-state index is 14.9. The summed E-state index contributed by atoms with van der Waals surface area (Å²) in [4.78, 5) is 7.69. The lowest BCUT2D eigenvalue weighted by Gasteiger charge is -2.49. The average Bonchev–Trinajstić information content (AvgIpc) is 4.09. The maximum atomic E-state index is 14.9. The van der Waals surface area contributed by atoms with Gasteiger partial charge in [-0.25, -0.2) is 4.39 Å². The Bertz CT molecular complexity index is 3780. The van der Waals surface area contributed by atoms with E-state index in [1.54, 1.807) is 12.1 Å². The lowest BCUT2D eigenvalue weighted by Crippen LogP contribution is -2.43. The predicted molar refractivity (Wildman–Crippen MR) is 298 cm³/mol. The van der Waals surface area contributed by atoms with E-state index >= 15 is 0 Å². The van der Waals surface area contributed by atoms with Crippen LogP contribution in [-0.4, -0.2) is 6.04 Å². The minimum absolute atomic E-state index is 0.0696. The molecule has 0 bridgehead atoms. The van der Waals surface area contributed by atoms with Gasteiger partial charge in [0, 0.05) is 53.7 Å². The van der Waals surface area contributed by atoms with Crippen molar-refractivity contribution in [2.45, 2.75) is 54.4 Å². The summed E-state index contributed by atoms with van der Waals surface area (Å²) in [5.41, 5.74) is 17.8. The highest BCUT2D eigenvalue weighted by Crippen LogP contribution is 2.64. The van der Waals surface area contributed by atoms with Crippen molar-refractivity contribution < 1.29 is 4.39 Å². The van der Waals surface area contributed by atoms with Crippen molar-refractivity contribution in [1.29, 1.82) is 0 Å². The minimum atomic E-state index is -0.621. The predicted octanol–water partition coefficient (Wildman–Crippen LogP) is 17.9. The molecule has 0 saturated carbocycles. The van der Waals surface area contributed by atoms with Gasteiger partial charge in [0.25, 0.3) is 0 Å². The number of thioether (sulfide) groups is 1. The van der Waals surface area contributed by atoms with Crippen LogP contribution >= 0.6 is 23.1 Å². The number of benzene rings is 8. The molecule has 9 aromatic rings. The third kappa shape index (κ3) is 6.19. The first kappa shape index (κ1) is 42.4. The molecule has 5 aliphatic rings. The van der Waals surface area contributed by atoms with Crippen LogP contribution in [0, 0.1) is 5.82 Å². The normalized spacial score (nSPS) is 18.5. The van der Waals surface area contributed by atoms with Crippen molar-refractivity contribution in [3.05, 3.63) is 279 Å². The molecule has 71 heavy (non-hydrogen) atoms. The quantitative estimate of drug-likeness (QED) is 0.157. The molecule has 0 fully saturated rings. The van der Waals surface area contributed by atoms with Crippen LogP contribution < -0.4 is 9.80 Å². The Morgan fingerprint density at radius 1 is 0.648 bits per heavy atom. The van der Waals surface area contributed by atoms with Gasteiger partial charge in [0.05, 0.1) is 27.5 Å². The lowest BCUT2D eigenvalue weighted by molar-refractivity contribution is 0.543. The largest absolute Gasteiger partial charge is 0.333 e. The van der Waals surface area contributed by atoms with E-state index in [2.05, 4.69) is 212 Å². The number of fused-ring (bicyclic) bond motifs is 14. The molecule has 4 aliphatic carbocycles. The summed E-state index contributed by atoms with van der Waals surface area (Å²) in [6.07, 6.45) is 13.2. The first-order chi connectivity index (χ1) is 34.8.